The molecule has 0 aliphatic carbocycles. The van der Waals surface area contributed by atoms with E-state index in [-0.39, 0.29) is 34.5 Å². The molecule has 4 nitrogen and oxygen atoms in total. The summed E-state index contributed by atoms with van der Waals surface area (Å²) in [6.07, 6.45) is 1.29. The van der Waals surface area contributed by atoms with Gasteiger partial charge in [0, 0.05) is 23.3 Å². The van der Waals surface area contributed by atoms with Gasteiger partial charge in [-0.2, -0.15) is 8.42 Å². The van der Waals surface area contributed by atoms with Crippen LogP contribution in [0.2, 0.25) is 0 Å². The van der Waals surface area contributed by atoms with Gasteiger partial charge in [0.1, 0.15) is 0 Å². The van der Waals surface area contributed by atoms with E-state index in [1.165, 1.54) is 18.3 Å². The molecule has 0 saturated carbocycles. The Bertz CT molecular complexity index is 315. The monoisotopic (exact) mass is 258 g/mol. The Balaban J connectivity index is 0. The molecule has 0 unspecified atom stereocenters. The zero-order chi connectivity index (χ0) is 7.61. The molecule has 73 valence electrons. The van der Waals surface area contributed by atoms with Crippen LogP contribution >= 0.6 is 12.4 Å². The average molecular weight is 259 g/mol. The Hall–Kier alpha value is -0.131. The fourth-order valence-electron chi connectivity index (χ4n) is 0.500. The van der Waals surface area contributed by atoms with E-state index in [2.05, 4.69) is 4.98 Å². The molecule has 12 heavy (non-hydrogen) atoms. The van der Waals surface area contributed by atoms with Crippen molar-refractivity contribution in [1.29, 1.82) is 0 Å². The second-order valence-electron chi connectivity index (χ2n) is 1.64. The topological polar surface area (TPSA) is 67.3 Å². The average Bonchev–Trinajstić information content (AvgIpc) is 1.88. The van der Waals surface area contributed by atoms with E-state index in [0.29, 0.717) is 0 Å². The van der Waals surface area contributed by atoms with Crippen LogP contribution < -0.4 is 0 Å². The summed E-state index contributed by atoms with van der Waals surface area (Å²) in [5, 5.41) is -0.324. The van der Waals surface area contributed by atoms with Crippen LogP contribution in [0.1, 0.15) is 0 Å². The van der Waals surface area contributed by atoms with Crippen LogP contribution in [0.15, 0.2) is 29.4 Å². The number of pyridine rings is 1. The third kappa shape index (κ3) is 4.04. The molecule has 7 heteroatoms. The van der Waals surface area contributed by atoms with Gasteiger partial charge >= 0.3 is 10.1 Å². The van der Waals surface area contributed by atoms with Crippen LogP contribution in [0.5, 0.6) is 0 Å². The Labute approximate surface area is 87.0 Å². The van der Waals surface area contributed by atoms with Crippen LogP contribution in [-0.2, 0) is 27.2 Å². The van der Waals surface area contributed by atoms with E-state index in [0.717, 1.165) is 0 Å². The van der Waals surface area contributed by atoms with E-state index in [1.807, 2.05) is 0 Å². The van der Waals surface area contributed by atoms with Crippen molar-refractivity contribution in [2.24, 2.45) is 0 Å². The van der Waals surface area contributed by atoms with Crippen LogP contribution in [0.4, 0.5) is 0 Å². The van der Waals surface area contributed by atoms with Crippen molar-refractivity contribution in [3.8, 4) is 0 Å². The maximum absolute atomic E-state index is 10.3. The molecule has 1 aromatic rings. The molecule has 1 radical (unpaired) electrons. The van der Waals surface area contributed by atoms with E-state index >= 15 is 0 Å². The summed E-state index contributed by atoms with van der Waals surface area (Å²) in [6, 6.07) is 4.26. The number of hydrogen-bond donors (Lipinski definition) is 1. The molecular weight excluding hydrogens is 253 g/mol. The summed E-state index contributed by atoms with van der Waals surface area (Å²) in [6.45, 7) is 0. The molecule has 0 fully saturated rings. The van der Waals surface area contributed by atoms with Crippen molar-refractivity contribution in [3.05, 3.63) is 24.4 Å². The number of hydrogen-bond acceptors (Lipinski definition) is 3. The van der Waals surface area contributed by atoms with Crippen molar-refractivity contribution in [2.75, 3.05) is 0 Å². The quantitative estimate of drug-likeness (QED) is 0.597. The van der Waals surface area contributed by atoms with Gasteiger partial charge in [-0.1, -0.05) is 6.07 Å². The van der Waals surface area contributed by atoms with Gasteiger partial charge in [-0.15, -0.1) is 12.4 Å². The van der Waals surface area contributed by atoms with Crippen molar-refractivity contribution in [3.63, 3.8) is 0 Å². The fourth-order valence-corrected chi connectivity index (χ4v) is 0.944. The molecule has 1 rings (SSSR count). The third-order valence-electron chi connectivity index (χ3n) is 0.902. The molecule has 0 spiro atoms. The predicted octanol–water partition coefficient (Wildman–Crippen LogP) is 0.748. The second-order valence-corrected chi connectivity index (χ2v) is 3.01. The van der Waals surface area contributed by atoms with Crippen molar-refractivity contribution >= 4 is 22.5 Å². The SMILES string of the molecule is Cl.O=S(=O)(O)c1ccccn1.[Cu]. The molecule has 0 amide bonds. The molecule has 1 N–H and O–H groups in total. The Morgan fingerprint density at radius 1 is 1.33 bits per heavy atom. The summed E-state index contributed by atoms with van der Waals surface area (Å²) in [5.74, 6) is 0. The standard InChI is InChI=1S/C5H5NO3S.ClH.Cu/c7-10(8,9)5-3-1-2-4-6-5;;/h1-4H,(H,7,8,9);1H;. The normalized spacial score (nSPS) is 9.42. The van der Waals surface area contributed by atoms with Crippen molar-refractivity contribution in [1.82, 2.24) is 4.98 Å². The molecule has 1 aromatic heterocycles. The first-order valence-electron chi connectivity index (χ1n) is 2.49. The molecule has 0 atom stereocenters. The Kier molecular flexibility index (Phi) is 6.60. The van der Waals surface area contributed by atoms with Crippen LogP contribution in [-0.4, -0.2) is 18.0 Å². The van der Waals surface area contributed by atoms with E-state index in [4.69, 9.17) is 4.55 Å². The van der Waals surface area contributed by atoms with Crippen molar-refractivity contribution in [2.45, 2.75) is 5.03 Å². The van der Waals surface area contributed by atoms with E-state index in [9.17, 15) is 8.42 Å². The maximum Gasteiger partial charge on any atom is 0.312 e. The number of halogens is 1. The first-order valence-corrected chi connectivity index (χ1v) is 3.93. The largest absolute Gasteiger partial charge is 0.312 e. The summed E-state index contributed by atoms with van der Waals surface area (Å²) in [7, 11) is -4.11. The molecule has 0 bridgehead atoms. The molecular formula is C5H6ClCuNO3S. The Morgan fingerprint density at radius 3 is 2.17 bits per heavy atom. The first kappa shape index (κ1) is 14.4. The molecule has 0 saturated heterocycles. The third-order valence-corrected chi connectivity index (χ3v) is 1.67. The van der Waals surface area contributed by atoms with E-state index < -0.39 is 10.1 Å². The second kappa shape index (κ2) is 5.50. The zero-order valence-corrected chi connectivity index (χ0v) is 8.21. The number of aromatic nitrogens is 1. The molecule has 1 heterocycles. The van der Waals surface area contributed by atoms with Gasteiger partial charge in [-0.05, 0) is 12.1 Å². The van der Waals surface area contributed by atoms with Crippen LogP contribution in [0.3, 0.4) is 0 Å². The summed E-state index contributed by atoms with van der Waals surface area (Å²) < 4.78 is 29.1. The maximum atomic E-state index is 10.3. The van der Waals surface area contributed by atoms with Gasteiger partial charge in [-0.3, -0.25) is 4.55 Å². The first-order chi connectivity index (χ1) is 4.61. The van der Waals surface area contributed by atoms with Gasteiger partial charge in [-0.25, -0.2) is 4.98 Å². The summed E-state index contributed by atoms with van der Waals surface area (Å²) >= 11 is 0. The van der Waals surface area contributed by atoms with Gasteiger partial charge in [0.2, 0.25) is 0 Å². The Morgan fingerprint density at radius 2 is 1.92 bits per heavy atom. The minimum absolute atomic E-state index is 0. The number of rotatable bonds is 1. The van der Waals surface area contributed by atoms with Crippen LogP contribution in [0.25, 0.3) is 0 Å². The molecule has 0 aliphatic heterocycles. The summed E-state index contributed by atoms with van der Waals surface area (Å²) in [5.41, 5.74) is 0. The molecule has 0 aliphatic rings. The molecule has 0 aromatic carbocycles. The minimum Gasteiger partial charge on any atom is -0.281 e. The summed E-state index contributed by atoms with van der Waals surface area (Å²) in [4.78, 5) is 3.41. The predicted molar refractivity (Wildman–Crippen MR) is 41.3 cm³/mol. The van der Waals surface area contributed by atoms with Gasteiger partial charge in [0.25, 0.3) is 0 Å². The zero-order valence-electron chi connectivity index (χ0n) is 5.64. The minimum atomic E-state index is -4.11. The number of nitrogens with zero attached hydrogens (tertiary/aromatic N) is 1. The fraction of sp³-hybridized carbons (Fsp3) is 0. The van der Waals surface area contributed by atoms with Gasteiger partial charge in [0.15, 0.2) is 5.03 Å². The van der Waals surface area contributed by atoms with E-state index in [1.54, 1.807) is 6.07 Å². The van der Waals surface area contributed by atoms with Crippen molar-refractivity contribution < 1.29 is 30.0 Å². The smallest absolute Gasteiger partial charge is 0.281 e. The van der Waals surface area contributed by atoms with Gasteiger partial charge < -0.3 is 0 Å². The van der Waals surface area contributed by atoms with Crippen LogP contribution in [0, 0.1) is 0 Å². The van der Waals surface area contributed by atoms with Gasteiger partial charge in [0.05, 0.1) is 0 Å².